The van der Waals surface area contributed by atoms with Crippen molar-refractivity contribution in [3.63, 3.8) is 0 Å². The van der Waals surface area contributed by atoms with Gasteiger partial charge in [-0.1, -0.05) is 122 Å². The molecule has 0 fully saturated rings. The first-order valence-electron chi connectivity index (χ1n) is 13.7. The van der Waals surface area contributed by atoms with Gasteiger partial charge >= 0.3 is 5.97 Å². The molecule has 32 heavy (non-hydrogen) atoms. The van der Waals surface area contributed by atoms with Crippen LogP contribution in [0.25, 0.3) is 0 Å². The number of rotatable bonds is 24. The predicted octanol–water partition coefficient (Wildman–Crippen LogP) is 7.04. The number of hydrogen-bond acceptors (Lipinski definition) is 2. The van der Waals surface area contributed by atoms with Crippen LogP contribution in [0.1, 0.15) is 135 Å². The maximum absolute atomic E-state index is 11.9. The van der Waals surface area contributed by atoms with Crippen LogP contribution in [-0.4, -0.2) is 48.8 Å². The van der Waals surface area contributed by atoms with Crippen LogP contribution in [0.5, 0.6) is 0 Å². The first-order valence-corrected chi connectivity index (χ1v) is 13.7. The molecule has 0 radical (unpaired) electrons. The highest BCUT2D eigenvalue weighted by molar-refractivity contribution is 5.75. The number of carbonyl (C=O) groups is 2. The van der Waals surface area contributed by atoms with Crippen LogP contribution in [0.2, 0.25) is 0 Å². The molecule has 0 saturated heterocycles. The van der Waals surface area contributed by atoms with E-state index in [0.29, 0.717) is 13.1 Å². The molecule has 5 heteroatoms. The fraction of sp³-hybridized carbons (Fsp3) is 0.926. The summed E-state index contributed by atoms with van der Waals surface area (Å²) in [5.41, 5.74) is 0. The molecule has 0 atom stereocenters. The minimum atomic E-state index is -0.844. The number of aliphatic carboxylic acids is 1. The van der Waals surface area contributed by atoms with Gasteiger partial charge in [0.25, 0.3) is 0 Å². The number of nitrogens with one attached hydrogen (secondary N) is 1. The molecule has 0 heterocycles. The molecule has 2 N–H and O–H groups in total. The van der Waals surface area contributed by atoms with Gasteiger partial charge in [-0.3, -0.25) is 4.79 Å². The topological polar surface area (TPSA) is 66.4 Å². The molecule has 0 spiro atoms. The van der Waals surface area contributed by atoms with E-state index in [1.165, 1.54) is 109 Å². The minimum Gasteiger partial charge on any atom is -0.477 e. The van der Waals surface area contributed by atoms with E-state index in [1.807, 2.05) is 14.1 Å². The number of carboxylic acids is 1. The van der Waals surface area contributed by atoms with Gasteiger partial charge < -0.3 is 14.9 Å². The van der Waals surface area contributed by atoms with Crippen LogP contribution in [0.15, 0.2) is 0 Å². The van der Waals surface area contributed by atoms with Crippen LogP contribution in [0.3, 0.4) is 0 Å². The molecule has 0 aromatic carbocycles. The van der Waals surface area contributed by atoms with Crippen LogP contribution < -0.4 is 5.32 Å². The lowest BCUT2D eigenvalue weighted by Crippen LogP contribution is -2.50. The summed E-state index contributed by atoms with van der Waals surface area (Å²) in [6, 6.07) is 0. The van der Waals surface area contributed by atoms with E-state index in [9.17, 15) is 9.59 Å². The van der Waals surface area contributed by atoms with Crippen molar-refractivity contribution in [2.45, 2.75) is 135 Å². The molecule has 0 aromatic heterocycles. The largest absolute Gasteiger partial charge is 0.477 e. The number of nitrogens with zero attached hydrogens (tertiary/aromatic N) is 1. The Labute approximate surface area is 199 Å². The third kappa shape index (κ3) is 23.6. The quantitative estimate of drug-likeness (QED) is 0.0931. The third-order valence-corrected chi connectivity index (χ3v) is 6.27. The summed E-state index contributed by atoms with van der Waals surface area (Å²) in [4.78, 5) is 22.7. The average molecular weight is 456 g/mol. The lowest BCUT2D eigenvalue weighted by atomic mass is 10.0. The SMILES string of the molecule is CCCCCCCCCCCCCCCCCCCCCC(=O)NC[N+](C)(C)CC(=O)O. The molecule has 0 aliphatic carbocycles. The van der Waals surface area contributed by atoms with E-state index in [2.05, 4.69) is 12.2 Å². The number of amides is 1. The maximum atomic E-state index is 11.9. The van der Waals surface area contributed by atoms with E-state index in [-0.39, 0.29) is 16.9 Å². The van der Waals surface area contributed by atoms with Crippen molar-refractivity contribution in [3.05, 3.63) is 0 Å². The van der Waals surface area contributed by atoms with E-state index in [0.717, 1.165) is 12.8 Å². The number of carbonyl (C=O) groups excluding carboxylic acids is 1. The van der Waals surface area contributed by atoms with Gasteiger partial charge in [0.05, 0.1) is 14.1 Å². The van der Waals surface area contributed by atoms with Crippen molar-refractivity contribution < 1.29 is 19.2 Å². The van der Waals surface area contributed by atoms with Gasteiger partial charge in [0.15, 0.2) is 13.2 Å². The summed E-state index contributed by atoms with van der Waals surface area (Å²) in [6.07, 6.45) is 26.2. The zero-order valence-electron chi connectivity index (χ0n) is 21.8. The normalized spacial score (nSPS) is 11.6. The molecule has 0 rings (SSSR count). The molecule has 0 aliphatic rings. The third-order valence-electron chi connectivity index (χ3n) is 6.27. The number of unbranched alkanes of at least 4 members (excludes halogenated alkanes) is 18. The predicted molar refractivity (Wildman–Crippen MR) is 136 cm³/mol. The lowest BCUT2D eigenvalue weighted by Gasteiger charge is -2.27. The second-order valence-electron chi connectivity index (χ2n) is 10.4. The second kappa shape index (κ2) is 21.7. The summed E-state index contributed by atoms with van der Waals surface area (Å²) in [6.45, 7) is 2.66. The van der Waals surface area contributed by atoms with Crippen molar-refractivity contribution in [2.24, 2.45) is 0 Å². The van der Waals surface area contributed by atoms with Crippen molar-refractivity contribution in [2.75, 3.05) is 27.3 Å². The number of carboxylic acid groups (broad SMARTS) is 1. The highest BCUT2D eigenvalue weighted by atomic mass is 16.4. The smallest absolute Gasteiger partial charge is 0.359 e. The molecule has 1 amide bonds. The second-order valence-corrected chi connectivity index (χ2v) is 10.4. The molecule has 0 bridgehead atoms. The fourth-order valence-corrected chi connectivity index (χ4v) is 4.18. The van der Waals surface area contributed by atoms with Gasteiger partial charge in [0.1, 0.15) is 0 Å². The van der Waals surface area contributed by atoms with Gasteiger partial charge in [-0.2, -0.15) is 0 Å². The minimum absolute atomic E-state index is 0.0134. The van der Waals surface area contributed by atoms with Gasteiger partial charge in [-0.25, -0.2) is 4.79 Å². The molecule has 0 aliphatic heterocycles. The molecule has 0 aromatic rings. The number of quaternary nitrogens is 1. The molecule has 0 unspecified atom stereocenters. The van der Waals surface area contributed by atoms with Gasteiger partial charge in [0.2, 0.25) is 5.91 Å². The average Bonchev–Trinajstić information content (AvgIpc) is 2.73. The Kier molecular flexibility index (Phi) is 21.0. The summed E-state index contributed by atoms with van der Waals surface area (Å²) in [7, 11) is 3.62. The first kappa shape index (κ1) is 30.9. The van der Waals surface area contributed by atoms with Crippen molar-refractivity contribution >= 4 is 11.9 Å². The number of hydrogen-bond donors (Lipinski definition) is 2. The zero-order valence-corrected chi connectivity index (χ0v) is 21.8. The van der Waals surface area contributed by atoms with Crippen molar-refractivity contribution in [1.82, 2.24) is 5.32 Å². The van der Waals surface area contributed by atoms with Crippen LogP contribution >= 0.6 is 0 Å². The Hall–Kier alpha value is -1.10. The molecule has 0 saturated carbocycles. The highest BCUT2D eigenvalue weighted by Crippen LogP contribution is 2.14. The van der Waals surface area contributed by atoms with Crippen LogP contribution in [0.4, 0.5) is 0 Å². The van der Waals surface area contributed by atoms with E-state index in [4.69, 9.17) is 5.11 Å². The molecular weight excluding hydrogens is 400 g/mol. The standard InChI is InChI=1S/C27H54N2O3/c1-4-5-6-7-8-9-10-11-12-13-14-15-16-17-18-19-20-21-22-23-26(30)28-25-29(2,3)24-27(31)32/h4-25H2,1-3H3,(H-,28,30,31,32)/p+1. The Morgan fingerprint density at radius 1 is 0.625 bits per heavy atom. The number of likely N-dealkylation sites (N-methyl/N-ethyl adjacent to an activating group) is 1. The Morgan fingerprint density at radius 2 is 0.969 bits per heavy atom. The zero-order chi connectivity index (χ0) is 23.9. The van der Waals surface area contributed by atoms with Crippen molar-refractivity contribution in [1.29, 1.82) is 0 Å². The maximum Gasteiger partial charge on any atom is 0.359 e. The molecule has 5 nitrogen and oxygen atoms in total. The van der Waals surface area contributed by atoms with E-state index < -0.39 is 5.97 Å². The lowest BCUT2D eigenvalue weighted by molar-refractivity contribution is -0.884. The fourth-order valence-electron chi connectivity index (χ4n) is 4.18. The Morgan fingerprint density at radius 3 is 1.31 bits per heavy atom. The van der Waals surface area contributed by atoms with Gasteiger partial charge in [-0.15, -0.1) is 0 Å². The summed E-state index contributed by atoms with van der Waals surface area (Å²) >= 11 is 0. The Bertz CT molecular complexity index is 452. The van der Waals surface area contributed by atoms with Crippen molar-refractivity contribution in [3.8, 4) is 0 Å². The molecular formula is C27H55N2O3+. The van der Waals surface area contributed by atoms with E-state index >= 15 is 0 Å². The van der Waals surface area contributed by atoms with Crippen LogP contribution in [-0.2, 0) is 9.59 Å². The summed E-state index contributed by atoms with van der Waals surface area (Å²) in [5.74, 6) is -0.809. The molecule has 190 valence electrons. The monoisotopic (exact) mass is 455 g/mol. The summed E-state index contributed by atoms with van der Waals surface area (Å²) in [5, 5.41) is 11.7. The highest BCUT2D eigenvalue weighted by Gasteiger charge is 2.19. The van der Waals surface area contributed by atoms with Gasteiger partial charge in [0, 0.05) is 6.42 Å². The van der Waals surface area contributed by atoms with Crippen LogP contribution in [0, 0.1) is 0 Å². The van der Waals surface area contributed by atoms with E-state index in [1.54, 1.807) is 0 Å². The summed E-state index contributed by atoms with van der Waals surface area (Å²) < 4.78 is 0.264. The van der Waals surface area contributed by atoms with Gasteiger partial charge in [-0.05, 0) is 6.42 Å². The first-order chi connectivity index (χ1) is 15.4. The Balaban J connectivity index is 3.26.